The number of nitrogens with two attached hydrogens (primary N) is 2. The third-order valence-corrected chi connectivity index (χ3v) is 18.8. The van der Waals surface area contributed by atoms with Crippen LogP contribution in [0.2, 0.25) is 0 Å². The highest BCUT2D eigenvalue weighted by Gasteiger charge is 2.55. The summed E-state index contributed by atoms with van der Waals surface area (Å²) in [6.07, 6.45) is -31.0. The number of aliphatic hydroxyl groups is 14. The number of benzene rings is 4. The van der Waals surface area contributed by atoms with Crippen molar-refractivity contribution in [2.24, 2.45) is 16.5 Å². The van der Waals surface area contributed by atoms with Crippen LogP contribution in [0.25, 0.3) is 10.8 Å². The number of rotatable bonds is 21. The molecule has 38 heteroatoms. The molecule has 4 amide bonds. The molecule has 4 aromatic carbocycles. The number of fused-ring (bicyclic) bond motifs is 1. The summed E-state index contributed by atoms with van der Waals surface area (Å²) in [5, 5.41) is 186. The Balaban J connectivity index is 0.899. The lowest BCUT2D eigenvalue weighted by Crippen LogP contribution is -2.80. The molecular formula is C65H88N12O26+2. The molecule has 0 bridgehead atoms. The van der Waals surface area contributed by atoms with Crippen molar-refractivity contribution >= 4 is 58.1 Å². The van der Waals surface area contributed by atoms with Gasteiger partial charge in [0.2, 0.25) is 36.1 Å². The number of amides is 4. The highest BCUT2D eigenvalue weighted by molar-refractivity contribution is 5.97. The van der Waals surface area contributed by atoms with E-state index < -0.39 is 241 Å². The molecule has 0 aromatic heterocycles. The first kappa shape index (κ1) is 77.0. The van der Waals surface area contributed by atoms with Gasteiger partial charge in [-0.2, -0.15) is 0 Å². The number of guanidine groups is 2. The van der Waals surface area contributed by atoms with Crippen molar-refractivity contribution in [2.45, 2.75) is 166 Å². The first-order chi connectivity index (χ1) is 49.3. The molecule has 3 fully saturated rings. The van der Waals surface area contributed by atoms with Gasteiger partial charge in [-0.1, -0.05) is 79.7 Å². The van der Waals surface area contributed by atoms with Crippen LogP contribution >= 0.6 is 0 Å². The van der Waals surface area contributed by atoms with E-state index in [9.17, 15) is 86.2 Å². The molecule has 6 heterocycles. The normalized spacial score (nSPS) is 34.5. The van der Waals surface area contributed by atoms with Crippen LogP contribution in [-0.2, 0) is 49.3 Å². The summed E-state index contributed by atoms with van der Waals surface area (Å²) in [6, 6.07) is 13.9. The van der Waals surface area contributed by atoms with E-state index in [0.717, 1.165) is 15.3 Å². The van der Waals surface area contributed by atoms with Crippen LogP contribution in [0.3, 0.4) is 0 Å². The summed E-state index contributed by atoms with van der Waals surface area (Å²) in [7, 11) is 0. The van der Waals surface area contributed by atoms with E-state index in [0.29, 0.717) is 11.3 Å². The zero-order valence-electron chi connectivity index (χ0n) is 55.2. The lowest BCUT2D eigenvalue weighted by molar-refractivity contribution is -0.663. The number of nitrogens with one attached hydrogen (secondary N) is 8. The predicted octanol–water partition coefficient (Wildman–Crippen LogP) is -14.5. The minimum atomic E-state index is -2.30. The molecule has 1 unspecified atom stereocenters. The molecule has 3 saturated heterocycles. The summed E-state index contributed by atoms with van der Waals surface area (Å²) >= 11 is 0. The average molecular weight is 1450 g/mol. The maximum absolute atomic E-state index is 15.2. The smallest absolute Gasteiger partial charge is 0.358 e. The van der Waals surface area contributed by atoms with Gasteiger partial charge in [0, 0.05) is 18.2 Å². The summed E-state index contributed by atoms with van der Waals surface area (Å²) in [4.78, 5) is 69.2. The van der Waals surface area contributed by atoms with Crippen molar-refractivity contribution in [3.8, 4) is 11.5 Å². The Morgan fingerprint density at radius 1 is 0.631 bits per heavy atom. The zero-order chi connectivity index (χ0) is 74.1. The van der Waals surface area contributed by atoms with Crippen LogP contribution in [0.1, 0.15) is 24.0 Å². The fraction of sp³-hybridized carbons (Fsp3) is 0.538. The number of carbonyl (C=O) groups is 4. The van der Waals surface area contributed by atoms with Gasteiger partial charge in [-0.05, 0) is 46.2 Å². The van der Waals surface area contributed by atoms with Gasteiger partial charge < -0.3 is 131 Å². The molecule has 4 aromatic rings. The molecule has 0 radical (unpaired) electrons. The van der Waals surface area contributed by atoms with E-state index in [-0.39, 0.29) is 29.8 Å². The quantitative estimate of drug-likeness (QED) is 0.0272. The molecule has 26 N–H and O–H groups in total. The molecule has 0 saturated carbocycles. The Kier molecular flexibility index (Phi) is 25.7. The Labute approximate surface area is 586 Å². The SMILES string of the molecule is C[C@H](c1ccccc1)[C@@H]1N=C([O-])C[NH+]=C(O)C(CO)NC(=O)[C@@H]([C@H](O)[C@@H]2CNC(N)=[N+]2[C@@H]2O[C@@H](CO)[C@H](O)[C@H](O)[C@@H]2O)NC(=O)[C@H]([C@H](O)[C@@H]2C[NH+]=C(N)N2)NC(=O)[C@@H](Cc2ccc(O[C@@H]3O[C@H](CO)[C@H](O[C@@H]4O[C@@H](CO)[C@H](OCOc5ccc6ccccc6c5)[C@H](O)[C@@H]4O)[C@@H](O)[C@H]3O)cc2)NC1=O. The maximum Gasteiger partial charge on any atom is 0.358 e. The van der Waals surface area contributed by atoms with Crippen LogP contribution in [0.4, 0.5) is 0 Å². The molecule has 10 rings (SSSR count). The highest BCUT2D eigenvalue weighted by atomic mass is 16.8. The standard InChI is InChI=1S/C65H86N12O26/c1-27(29-7-3-2-4-8-29)42-58(94)71-34(17-28-11-14-32(15-12-28)99-62-53(91)50(88)55(40(25-81)102-62)103-63-52(90)49(87)54(39(24-80)101-63)98-26-97-33-16-13-30-9-5-6-10-31(30)18-33)57(93)75-43(45(83)35-19-69-64(66)73-35)60(96)76-44(59(95)72-36(22-78)56(92)68-21-41(82)74-42)46(84)37-20-70-65(67)77(37)61-51(89)48(86)47(85)38(23-79)100-61/h2-16,18,27,34-40,42-55,61-63,78-81,83-91H,17,19-26H2,1H3,(H11,66,67,68,69,70,71,72,73,74,75,76,82,92,93,94,95,96)/p+2/t27-,34-,35+,36?,37+,38+,39+,40-,42+,43+,44-,45-,46-,47+,48+,49-,50+,51+,52+,53-,54+,55+,61-,62-,63+/m1/s1. The van der Waals surface area contributed by atoms with Crippen molar-refractivity contribution < 1.29 is 143 Å². The maximum atomic E-state index is 15.2. The van der Waals surface area contributed by atoms with Gasteiger partial charge in [0.15, 0.2) is 25.7 Å². The van der Waals surface area contributed by atoms with Crippen molar-refractivity contribution in [2.75, 3.05) is 52.9 Å². The fourth-order valence-corrected chi connectivity index (χ4v) is 12.9. The third-order valence-electron chi connectivity index (χ3n) is 18.8. The third kappa shape index (κ3) is 17.6. The second-order valence-corrected chi connectivity index (χ2v) is 25.6. The Hall–Kier alpha value is -8.62. The van der Waals surface area contributed by atoms with Crippen LogP contribution in [0.5, 0.6) is 11.5 Å². The number of hydrogen-bond acceptors (Lipinski definition) is 30. The second-order valence-electron chi connectivity index (χ2n) is 25.6. The lowest BCUT2D eigenvalue weighted by atomic mass is 9.92. The summed E-state index contributed by atoms with van der Waals surface area (Å²) in [6.45, 7) is -4.02. The minimum Gasteiger partial charge on any atom is -0.858 e. The fourth-order valence-electron chi connectivity index (χ4n) is 12.9. The summed E-state index contributed by atoms with van der Waals surface area (Å²) in [5.74, 6) is -8.13. The molecule has 38 nitrogen and oxygen atoms in total. The van der Waals surface area contributed by atoms with E-state index in [1.54, 1.807) is 49.4 Å². The Morgan fingerprint density at radius 2 is 1.24 bits per heavy atom. The van der Waals surface area contributed by atoms with E-state index >= 15 is 9.59 Å². The molecule has 562 valence electrons. The number of hydrogen-bond donors (Lipinski definition) is 24. The van der Waals surface area contributed by atoms with Gasteiger partial charge in [-0.3, -0.25) is 51.3 Å². The van der Waals surface area contributed by atoms with Gasteiger partial charge in [-0.15, -0.1) is 0 Å². The number of nitrogens with zero attached hydrogens (tertiary/aromatic N) is 2. The van der Waals surface area contributed by atoms with Crippen LogP contribution in [0, 0.1) is 0 Å². The van der Waals surface area contributed by atoms with E-state index in [4.69, 9.17) is 44.6 Å². The average Bonchev–Trinajstić information content (AvgIpc) is 1.74. The lowest BCUT2D eigenvalue weighted by Gasteiger charge is -2.46. The molecule has 0 spiro atoms. The van der Waals surface area contributed by atoms with Crippen molar-refractivity contribution in [3.05, 3.63) is 108 Å². The first-order valence-corrected chi connectivity index (χ1v) is 33.1. The Bertz CT molecular complexity index is 3690. The van der Waals surface area contributed by atoms with E-state index in [2.05, 4.69) is 46.9 Å². The molecule has 0 aliphatic carbocycles. The molecular weight excluding hydrogens is 1360 g/mol. The van der Waals surface area contributed by atoms with Gasteiger partial charge in [0.1, 0.15) is 140 Å². The van der Waals surface area contributed by atoms with E-state index in [1.165, 1.54) is 24.3 Å². The summed E-state index contributed by atoms with van der Waals surface area (Å²) in [5.41, 5.74) is 13.0. The topological polar surface area (TPSA) is 607 Å². The molecule has 103 heavy (non-hydrogen) atoms. The number of ether oxygens (including phenoxy) is 7. The molecule has 6 aliphatic heterocycles. The number of aliphatic hydroxyl groups excluding tert-OH is 14. The highest BCUT2D eigenvalue weighted by Crippen LogP contribution is 2.33. The van der Waals surface area contributed by atoms with Gasteiger partial charge in [0.25, 0.3) is 0 Å². The van der Waals surface area contributed by atoms with Crippen LogP contribution in [0.15, 0.2) is 102 Å². The van der Waals surface area contributed by atoms with Crippen LogP contribution < -0.4 is 67.9 Å². The molecule has 25 atom stereocenters. The largest absolute Gasteiger partial charge is 0.858 e. The first-order valence-electron chi connectivity index (χ1n) is 33.1. The van der Waals surface area contributed by atoms with Crippen molar-refractivity contribution in [3.63, 3.8) is 0 Å². The van der Waals surface area contributed by atoms with Gasteiger partial charge in [0.05, 0.1) is 33.0 Å². The monoisotopic (exact) mass is 1450 g/mol. The summed E-state index contributed by atoms with van der Waals surface area (Å²) < 4.78 is 41.6. The van der Waals surface area contributed by atoms with Crippen LogP contribution in [-0.4, -0.2) is 323 Å². The second kappa shape index (κ2) is 34.3. The Morgan fingerprint density at radius 3 is 1.92 bits per heavy atom. The van der Waals surface area contributed by atoms with E-state index in [1.807, 2.05) is 30.3 Å². The number of carbonyl (C=O) groups excluding carboxylic acids is 4. The predicted molar refractivity (Wildman–Crippen MR) is 349 cm³/mol. The number of aliphatic imine (C=N–C) groups is 1. The zero-order valence-corrected chi connectivity index (χ0v) is 55.2. The van der Waals surface area contributed by atoms with Crippen molar-refractivity contribution in [1.29, 1.82) is 0 Å². The van der Waals surface area contributed by atoms with Crippen molar-refractivity contribution in [1.82, 2.24) is 31.9 Å². The molecule has 6 aliphatic rings. The minimum absolute atomic E-state index is 0.0687. The van der Waals surface area contributed by atoms with Gasteiger partial charge in [-0.25, -0.2) is 9.57 Å². The van der Waals surface area contributed by atoms with Gasteiger partial charge >= 0.3 is 17.8 Å².